The van der Waals surface area contributed by atoms with Crippen LogP contribution >= 0.6 is 15.9 Å². The summed E-state index contributed by atoms with van der Waals surface area (Å²) in [6.07, 6.45) is 2.82. The van der Waals surface area contributed by atoms with Gasteiger partial charge in [0.2, 0.25) is 11.6 Å². The topological polar surface area (TPSA) is 135 Å². The van der Waals surface area contributed by atoms with Crippen molar-refractivity contribution in [2.45, 2.75) is 0 Å². The molecule has 0 fully saturated rings. The van der Waals surface area contributed by atoms with Crippen molar-refractivity contribution in [3.05, 3.63) is 87.3 Å². The van der Waals surface area contributed by atoms with Crippen molar-refractivity contribution in [3.63, 3.8) is 0 Å². The highest BCUT2D eigenvalue weighted by Crippen LogP contribution is 2.32. The predicted molar refractivity (Wildman–Crippen MR) is 119 cm³/mol. The molecule has 0 saturated heterocycles. The number of nitro groups is 1. The average Bonchev–Trinajstić information content (AvgIpc) is 2.78. The van der Waals surface area contributed by atoms with E-state index < -0.39 is 16.5 Å². The second-order valence-electron chi connectivity index (χ2n) is 6.26. The van der Waals surface area contributed by atoms with Gasteiger partial charge < -0.3 is 5.32 Å². The number of nitrogens with zero attached hydrogens (tertiary/aromatic N) is 4. The first-order chi connectivity index (χ1) is 15.0. The van der Waals surface area contributed by atoms with Gasteiger partial charge in [0.15, 0.2) is 0 Å². The first-order valence-corrected chi connectivity index (χ1v) is 9.74. The highest BCUT2D eigenvalue weighted by Gasteiger charge is 2.24. The normalized spacial score (nSPS) is 10.5. The third-order valence-electron chi connectivity index (χ3n) is 4.30. The van der Waals surface area contributed by atoms with Gasteiger partial charge in [-0.15, -0.1) is 0 Å². The quantitative estimate of drug-likeness (QED) is 0.276. The third kappa shape index (κ3) is 4.41. The number of amides is 1. The van der Waals surface area contributed by atoms with Crippen LogP contribution in [0.5, 0.6) is 0 Å². The Morgan fingerprint density at radius 2 is 1.74 bits per heavy atom. The van der Waals surface area contributed by atoms with Crippen LogP contribution in [-0.2, 0) is 0 Å². The molecule has 11 heteroatoms. The van der Waals surface area contributed by atoms with E-state index in [1.54, 1.807) is 48.7 Å². The first-order valence-electron chi connectivity index (χ1n) is 8.95. The number of rotatable bonds is 6. The summed E-state index contributed by atoms with van der Waals surface area (Å²) in [5, 5.41) is 15.5. The molecule has 0 atom stereocenters. The molecule has 2 aromatic heterocycles. The number of hydrazine groups is 1. The minimum absolute atomic E-state index is 0.0308. The number of halogens is 1. The molecular formula is C20H14BrN7O3. The van der Waals surface area contributed by atoms with Crippen LogP contribution in [0.1, 0.15) is 10.4 Å². The number of aromatic nitrogens is 3. The summed E-state index contributed by atoms with van der Waals surface area (Å²) in [5.41, 5.74) is 6.20. The van der Waals surface area contributed by atoms with Gasteiger partial charge in [-0.2, -0.15) is 0 Å². The summed E-state index contributed by atoms with van der Waals surface area (Å²) < 4.78 is 0.822. The van der Waals surface area contributed by atoms with Crippen LogP contribution in [0.4, 0.5) is 23.0 Å². The van der Waals surface area contributed by atoms with Gasteiger partial charge in [-0.1, -0.05) is 22.0 Å². The summed E-state index contributed by atoms with van der Waals surface area (Å²) in [6, 6.07) is 15.6. The summed E-state index contributed by atoms with van der Waals surface area (Å²) >= 11 is 3.30. The minimum atomic E-state index is -0.625. The van der Waals surface area contributed by atoms with Gasteiger partial charge in [0, 0.05) is 27.3 Å². The molecule has 31 heavy (non-hydrogen) atoms. The fraction of sp³-hybridized carbons (Fsp3) is 0. The van der Waals surface area contributed by atoms with Gasteiger partial charge in [-0.3, -0.25) is 30.7 Å². The highest BCUT2D eigenvalue weighted by molar-refractivity contribution is 9.10. The summed E-state index contributed by atoms with van der Waals surface area (Å²) in [7, 11) is 0. The molecule has 4 rings (SSSR count). The van der Waals surface area contributed by atoms with Gasteiger partial charge in [0.1, 0.15) is 6.33 Å². The van der Waals surface area contributed by atoms with Gasteiger partial charge in [0.05, 0.1) is 10.4 Å². The minimum Gasteiger partial charge on any atom is -0.334 e. The van der Waals surface area contributed by atoms with Crippen molar-refractivity contribution >= 4 is 55.8 Å². The smallest absolute Gasteiger partial charge is 0.334 e. The molecule has 0 aliphatic rings. The van der Waals surface area contributed by atoms with Crippen molar-refractivity contribution in [2.24, 2.45) is 0 Å². The van der Waals surface area contributed by atoms with Crippen LogP contribution in [0.25, 0.3) is 10.9 Å². The number of anilines is 3. The molecule has 0 saturated carbocycles. The zero-order chi connectivity index (χ0) is 21.8. The molecular weight excluding hydrogens is 466 g/mol. The van der Waals surface area contributed by atoms with E-state index in [0.717, 1.165) is 21.7 Å². The van der Waals surface area contributed by atoms with E-state index in [-0.39, 0.29) is 11.6 Å². The molecule has 0 radical (unpaired) electrons. The Morgan fingerprint density at radius 1 is 0.968 bits per heavy atom. The number of pyridine rings is 1. The molecule has 154 valence electrons. The Bertz CT molecular complexity index is 1280. The Morgan fingerprint density at radius 3 is 2.52 bits per heavy atom. The van der Waals surface area contributed by atoms with Crippen LogP contribution in [0, 0.1) is 10.1 Å². The fourth-order valence-corrected chi connectivity index (χ4v) is 3.13. The third-order valence-corrected chi connectivity index (χ3v) is 4.83. The number of fused-ring (bicyclic) bond motifs is 1. The number of carbonyl (C=O) groups is 1. The van der Waals surface area contributed by atoms with E-state index in [4.69, 9.17) is 0 Å². The summed E-state index contributed by atoms with van der Waals surface area (Å²) in [5.74, 6) is -0.668. The van der Waals surface area contributed by atoms with E-state index in [0.29, 0.717) is 11.3 Å². The molecule has 2 heterocycles. The molecule has 4 aromatic rings. The van der Waals surface area contributed by atoms with E-state index in [1.807, 2.05) is 12.1 Å². The van der Waals surface area contributed by atoms with E-state index >= 15 is 0 Å². The van der Waals surface area contributed by atoms with Gasteiger partial charge in [-0.05, 0) is 48.5 Å². The molecule has 3 N–H and O–H groups in total. The van der Waals surface area contributed by atoms with Crippen molar-refractivity contribution in [2.75, 3.05) is 10.7 Å². The van der Waals surface area contributed by atoms with Crippen LogP contribution < -0.4 is 16.2 Å². The molecule has 1 amide bonds. The lowest BCUT2D eigenvalue weighted by Crippen LogP contribution is -2.30. The van der Waals surface area contributed by atoms with Gasteiger partial charge in [-0.25, -0.2) is 9.97 Å². The van der Waals surface area contributed by atoms with Crippen LogP contribution in [-0.4, -0.2) is 25.8 Å². The van der Waals surface area contributed by atoms with Crippen LogP contribution in [0.3, 0.4) is 0 Å². The zero-order valence-electron chi connectivity index (χ0n) is 15.7. The Balaban J connectivity index is 1.61. The van der Waals surface area contributed by atoms with Crippen LogP contribution in [0.15, 0.2) is 71.6 Å². The lowest BCUT2D eigenvalue weighted by Gasteiger charge is -2.12. The van der Waals surface area contributed by atoms with E-state index in [2.05, 4.69) is 47.1 Å². The largest absolute Gasteiger partial charge is 0.355 e. The van der Waals surface area contributed by atoms with E-state index in [1.165, 1.54) is 0 Å². The van der Waals surface area contributed by atoms with Crippen LogP contribution in [0.2, 0.25) is 0 Å². The molecule has 10 nitrogen and oxygen atoms in total. The van der Waals surface area contributed by atoms with Crippen molar-refractivity contribution < 1.29 is 9.72 Å². The predicted octanol–water partition coefficient (Wildman–Crippen LogP) is 4.20. The fourth-order valence-electron chi connectivity index (χ4n) is 2.86. The molecule has 0 bridgehead atoms. The number of nitrogens with one attached hydrogen (secondary N) is 3. The number of benzene rings is 2. The lowest BCUT2D eigenvalue weighted by atomic mass is 10.2. The maximum Gasteiger partial charge on any atom is 0.355 e. The first kappa shape index (κ1) is 20.2. The lowest BCUT2D eigenvalue weighted by molar-refractivity contribution is -0.383. The Labute approximate surface area is 184 Å². The standard InChI is InChI=1S/C20H14BrN7O3/c21-13-8-6-12(7-9-13)20(29)27-26-19-17(28(30)31)18(23-11-24-19)25-16-5-1-4-15-14(16)3-2-10-22-15/h1-11H,(H,27,29)(H2,23,24,25,26). The molecule has 2 aromatic carbocycles. The molecule has 0 aliphatic carbocycles. The Hall–Kier alpha value is -4.12. The highest BCUT2D eigenvalue weighted by atomic mass is 79.9. The second-order valence-corrected chi connectivity index (χ2v) is 7.18. The van der Waals surface area contributed by atoms with Gasteiger partial charge >= 0.3 is 5.69 Å². The van der Waals surface area contributed by atoms with Crippen molar-refractivity contribution in [1.29, 1.82) is 0 Å². The number of hydrogen-bond acceptors (Lipinski definition) is 8. The zero-order valence-corrected chi connectivity index (χ0v) is 17.3. The Kier molecular flexibility index (Phi) is 5.67. The second kappa shape index (κ2) is 8.71. The monoisotopic (exact) mass is 479 g/mol. The van der Waals surface area contributed by atoms with E-state index in [9.17, 15) is 14.9 Å². The van der Waals surface area contributed by atoms with Crippen molar-refractivity contribution in [3.8, 4) is 0 Å². The summed E-state index contributed by atoms with van der Waals surface area (Å²) in [4.78, 5) is 35.6. The SMILES string of the molecule is O=C(NNc1ncnc(Nc2cccc3ncccc23)c1[N+](=O)[O-])c1ccc(Br)cc1. The maximum atomic E-state index is 12.3. The molecule has 0 aliphatic heterocycles. The number of carbonyl (C=O) groups excluding carboxylic acids is 1. The average molecular weight is 480 g/mol. The van der Waals surface area contributed by atoms with Gasteiger partial charge in [0.25, 0.3) is 5.91 Å². The molecule has 0 unspecified atom stereocenters. The van der Waals surface area contributed by atoms with Crippen molar-refractivity contribution in [1.82, 2.24) is 20.4 Å². The molecule has 0 spiro atoms. The number of hydrogen-bond donors (Lipinski definition) is 3. The maximum absolute atomic E-state index is 12.3. The summed E-state index contributed by atoms with van der Waals surface area (Å²) in [6.45, 7) is 0.